The van der Waals surface area contributed by atoms with Gasteiger partial charge in [0.05, 0.1) is 11.4 Å². The average Bonchev–Trinajstić information content (AvgIpc) is 2.17. The number of nitrogens with zero attached hydrogens (tertiary/aromatic N) is 1. The second kappa shape index (κ2) is 4.46. The summed E-state index contributed by atoms with van der Waals surface area (Å²) >= 11 is 0. The van der Waals surface area contributed by atoms with Gasteiger partial charge in [-0.15, -0.1) is 0 Å². The largest absolute Gasteiger partial charge is 0.298 e. The summed E-state index contributed by atoms with van der Waals surface area (Å²) in [6.45, 7) is 3.34. The molecule has 14 heavy (non-hydrogen) atoms. The van der Waals surface area contributed by atoms with E-state index in [1.807, 2.05) is 30.3 Å². The smallest absolute Gasteiger partial charge is 0.117 e. The summed E-state index contributed by atoms with van der Waals surface area (Å²) in [5.74, 6) is 0.225. The lowest BCUT2D eigenvalue weighted by atomic mass is 10.1. The normalized spacial score (nSPS) is 11.1. The summed E-state index contributed by atoms with van der Waals surface area (Å²) in [5.41, 5.74) is 1.77. The van der Waals surface area contributed by atoms with Crippen LogP contribution in [0.25, 0.3) is 0 Å². The lowest BCUT2D eigenvalue weighted by Gasteiger charge is -2.02. The molecule has 0 aliphatic carbocycles. The van der Waals surface area contributed by atoms with Crippen LogP contribution in [0.1, 0.15) is 19.4 Å². The Morgan fingerprint density at radius 1 is 1.07 bits per heavy atom. The maximum atomic E-state index is 7.80. The van der Waals surface area contributed by atoms with Crippen molar-refractivity contribution >= 4 is 17.3 Å². The molecule has 1 aromatic rings. The topological polar surface area (TPSA) is 60.1 Å². The summed E-state index contributed by atoms with van der Waals surface area (Å²) < 4.78 is 0. The number of amidine groups is 1. The van der Waals surface area contributed by atoms with E-state index in [2.05, 4.69) is 4.99 Å². The number of nitrogens with one attached hydrogen (secondary N) is 2. The van der Waals surface area contributed by atoms with Crippen molar-refractivity contribution in [3.63, 3.8) is 0 Å². The van der Waals surface area contributed by atoms with Crippen LogP contribution in [0.15, 0.2) is 35.3 Å². The fourth-order valence-corrected chi connectivity index (χ4v) is 1.12. The molecule has 0 saturated carbocycles. The zero-order valence-electron chi connectivity index (χ0n) is 8.33. The van der Waals surface area contributed by atoms with Crippen molar-refractivity contribution in [1.82, 2.24) is 0 Å². The fourth-order valence-electron chi connectivity index (χ4n) is 1.12. The van der Waals surface area contributed by atoms with Gasteiger partial charge in [-0.2, -0.15) is 0 Å². The van der Waals surface area contributed by atoms with E-state index in [9.17, 15) is 0 Å². The molecule has 1 rings (SSSR count). The SMILES string of the molecule is CC(=N)/N=C(/C)C(=N)c1ccccc1. The first-order valence-corrected chi connectivity index (χ1v) is 4.36. The molecule has 0 radical (unpaired) electrons. The molecule has 0 fully saturated rings. The highest BCUT2D eigenvalue weighted by Gasteiger charge is 2.03. The van der Waals surface area contributed by atoms with Gasteiger partial charge >= 0.3 is 0 Å². The molecule has 0 amide bonds. The van der Waals surface area contributed by atoms with E-state index in [-0.39, 0.29) is 5.84 Å². The minimum atomic E-state index is 0.225. The van der Waals surface area contributed by atoms with Gasteiger partial charge in [0.25, 0.3) is 0 Å². The number of benzene rings is 1. The molecule has 2 N–H and O–H groups in total. The summed E-state index contributed by atoms with van der Waals surface area (Å²) in [5, 5.41) is 15.0. The third kappa shape index (κ3) is 2.62. The minimum Gasteiger partial charge on any atom is -0.298 e. The van der Waals surface area contributed by atoms with E-state index in [0.717, 1.165) is 5.56 Å². The molecule has 3 heteroatoms. The molecule has 3 nitrogen and oxygen atoms in total. The Bertz CT molecular complexity index is 377. The minimum absolute atomic E-state index is 0.225. The first kappa shape index (κ1) is 10.3. The third-order valence-electron chi connectivity index (χ3n) is 1.76. The van der Waals surface area contributed by atoms with Gasteiger partial charge in [-0.05, 0) is 13.8 Å². The molecule has 0 heterocycles. The summed E-state index contributed by atoms with van der Waals surface area (Å²) in [4.78, 5) is 3.93. The second-order valence-corrected chi connectivity index (χ2v) is 3.02. The lowest BCUT2D eigenvalue weighted by Crippen LogP contribution is -2.11. The van der Waals surface area contributed by atoms with Gasteiger partial charge in [-0.3, -0.25) is 10.8 Å². The van der Waals surface area contributed by atoms with Crippen LogP contribution in [0, 0.1) is 10.8 Å². The molecule has 0 bridgehead atoms. The maximum Gasteiger partial charge on any atom is 0.117 e. The van der Waals surface area contributed by atoms with Gasteiger partial charge < -0.3 is 0 Å². The quantitative estimate of drug-likeness (QED) is 0.528. The summed E-state index contributed by atoms with van der Waals surface area (Å²) in [7, 11) is 0. The molecule has 0 saturated heterocycles. The van der Waals surface area contributed by atoms with E-state index in [4.69, 9.17) is 10.8 Å². The zero-order valence-corrected chi connectivity index (χ0v) is 8.33. The number of hydrogen-bond donors (Lipinski definition) is 2. The van der Waals surface area contributed by atoms with E-state index in [1.165, 1.54) is 0 Å². The third-order valence-corrected chi connectivity index (χ3v) is 1.76. The van der Waals surface area contributed by atoms with Crippen molar-refractivity contribution in [3.05, 3.63) is 35.9 Å². The molecular weight excluding hydrogens is 174 g/mol. The van der Waals surface area contributed by atoms with E-state index >= 15 is 0 Å². The molecule has 0 aromatic heterocycles. The Morgan fingerprint density at radius 2 is 1.64 bits per heavy atom. The van der Waals surface area contributed by atoms with E-state index in [1.54, 1.807) is 13.8 Å². The Kier molecular flexibility index (Phi) is 3.29. The van der Waals surface area contributed by atoms with Crippen LogP contribution < -0.4 is 0 Å². The Balaban J connectivity index is 2.92. The zero-order chi connectivity index (χ0) is 10.6. The van der Waals surface area contributed by atoms with E-state index in [0.29, 0.717) is 11.4 Å². The first-order chi connectivity index (χ1) is 6.61. The Morgan fingerprint density at radius 3 is 2.14 bits per heavy atom. The summed E-state index contributed by atoms with van der Waals surface area (Å²) in [6, 6.07) is 9.40. The van der Waals surface area contributed by atoms with Crippen LogP contribution in [-0.4, -0.2) is 17.3 Å². The molecule has 0 aliphatic rings. The predicted molar refractivity (Wildman–Crippen MR) is 59.8 cm³/mol. The van der Waals surface area contributed by atoms with Gasteiger partial charge in [0.1, 0.15) is 5.84 Å². The van der Waals surface area contributed by atoms with Crippen molar-refractivity contribution < 1.29 is 0 Å². The Hall–Kier alpha value is -1.77. The van der Waals surface area contributed by atoms with Gasteiger partial charge in [0, 0.05) is 5.56 Å². The van der Waals surface area contributed by atoms with Crippen molar-refractivity contribution in [2.75, 3.05) is 0 Å². The molecule has 0 unspecified atom stereocenters. The van der Waals surface area contributed by atoms with Crippen LogP contribution in [0.4, 0.5) is 0 Å². The molecule has 1 aromatic carbocycles. The molecular formula is C11H13N3. The number of hydrogen-bond acceptors (Lipinski definition) is 2. The lowest BCUT2D eigenvalue weighted by molar-refractivity contribution is 1.40. The van der Waals surface area contributed by atoms with Gasteiger partial charge in [-0.25, -0.2) is 4.99 Å². The van der Waals surface area contributed by atoms with Crippen molar-refractivity contribution in [1.29, 1.82) is 10.8 Å². The van der Waals surface area contributed by atoms with Crippen LogP contribution in [-0.2, 0) is 0 Å². The maximum absolute atomic E-state index is 7.80. The van der Waals surface area contributed by atoms with Gasteiger partial charge in [0.15, 0.2) is 0 Å². The standard InChI is InChI=1S/C11H13N3/c1-8(14-9(2)12)11(13)10-6-4-3-5-7-10/h3-7,12-13H,1-2H3/b12-9?,13-11?,14-8-. The first-order valence-electron chi connectivity index (χ1n) is 4.36. The highest BCUT2D eigenvalue weighted by Crippen LogP contribution is 2.01. The molecule has 0 spiro atoms. The van der Waals surface area contributed by atoms with Crippen molar-refractivity contribution in [3.8, 4) is 0 Å². The fraction of sp³-hybridized carbons (Fsp3) is 0.182. The predicted octanol–water partition coefficient (Wildman–Crippen LogP) is 2.51. The monoisotopic (exact) mass is 187 g/mol. The van der Waals surface area contributed by atoms with Crippen LogP contribution in [0.3, 0.4) is 0 Å². The second-order valence-electron chi connectivity index (χ2n) is 3.02. The number of aliphatic imine (C=N–C) groups is 1. The van der Waals surface area contributed by atoms with Crippen LogP contribution in [0.2, 0.25) is 0 Å². The van der Waals surface area contributed by atoms with Crippen molar-refractivity contribution in [2.24, 2.45) is 4.99 Å². The van der Waals surface area contributed by atoms with Crippen LogP contribution in [0.5, 0.6) is 0 Å². The van der Waals surface area contributed by atoms with Crippen molar-refractivity contribution in [2.45, 2.75) is 13.8 Å². The highest BCUT2D eigenvalue weighted by molar-refractivity contribution is 6.47. The molecule has 0 aliphatic heterocycles. The number of rotatable bonds is 2. The van der Waals surface area contributed by atoms with Crippen LogP contribution >= 0.6 is 0 Å². The Labute approximate surface area is 83.5 Å². The highest BCUT2D eigenvalue weighted by atomic mass is 14.8. The van der Waals surface area contributed by atoms with Gasteiger partial charge in [0.2, 0.25) is 0 Å². The molecule has 0 atom stereocenters. The summed E-state index contributed by atoms with van der Waals surface area (Å²) in [6.07, 6.45) is 0. The van der Waals surface area contributed by atoms with E-state index < -0.39 is 0 Å². The molecule has 72 valence electrons. The average molecular weight is 187 g/mol. The van der Waals surface area contributed by atoms with Gasteiger partial charge in [-0.1, -0.05) is 30.3 Å².